The van der Waals surface area contributed by atoms with E-state index in [1.165, 1.54) is 17.4 Å². The average Bonchev–Trinajstić information content (AvgIpc) is 2.96. The van der Waals surface area contributed by atoms with Crippen LogP contribution < -0.4 is 5.43 Å². The van der Waals surface area contributed by atoms with Crippen molar-refractivity contribution in [2.45, 2.75) is 26.3 Å². The lowest BCUT2D eigenvalue weighted by Crippen LogP contribution is -2.56. The molecule has 0 aliphatic carbocycles. The third-order valence-electron chi connectivity index (χ3n) is 3.01. The summed E-state index contributed by atoms with van der Waals surface area (Å²) >= 11 is 1.21. The maximum absolute atomic E-state index is 13.7. The number of nitrogens with zero attached hydrogens (tertiary/aromatic N) is 1. The molecule has 122 valence electrons. The van der Waals surface area contributed by atoms with Gasteiger partial charge >= 0.3 is 0 Å². The number of hydrogen-bond acceptors (Lipinski definition) is 3. The molecule has 2 amide bonds. The number of nitrogens with one attached hydrogen (secondary N) is 1. The molecule has 0 saturated heterocycles. The van der Waals surface area contributed by atoms with Crippen molar-refractivity contribution >= 4 is 23.2 Å². The van der Waals surface area contributed by atoms with Crippen molar-refractivity contribution in [3.8, 4) is 0 Å². The van der Waals surface area contributed by atoms with E-state index in [0.29, 0.717) is 4.88 Å². The first kappa shape index (κ1) is 17.1. The fourth-order valence-corrected chi connectivity index (χ4v) is 2.56. The molecule has 0 bridgehead atoms. The topological polar surface area (TPSA) is 49.4 Å². The van der Waals surface area contributed by atoms with E-state index in [1.54, 1.807) is 38.3 Å². The van der Waals surface area contributed by atoms with Crippen LogP contribution >= 0.6 is 11.3 Å². The lowest BCUT2D eigenvalue weighted by molar-refractivity contribution is 0.0359. The maximum atomic E-state index is 13.7. The number of carbonyl (C=O) groups is 2. The fourth-order valence-electron chi connectivity index (χ4n) is 1.91. The van der Waals surface area contributed by atoms with Crippen LogP contribution in [0.1, 0.15) is 40.8 Å². The molecule has 7 heteroatoms. The zero-order chi connectivity index (χ0) is 17.2. The maximum Gasteiger partial charge on any atom is 0.282 e. The van der Waals surface area contributed by atoms with Crippen molar-refractivity contribution in [1.82, 2.24) is 10.4 Å². The molecule has 0 saturated carbocycles. The van der Waals surface area contributed by atoms with Crippen molar-refractivity contribution in [2.75, 3.05) is 0 Å². The first-order valence-electron chi connectivity index (χ1n) is 6.85. The normalized spacial score (nSPS) is 11.2. The molecule has 23 heavy (non-hydrogen) atoms. The van der Waals surface area contributed by atoms with Crippen LogP contribution in [0.25, 0.3) is 0 Å². The number of hydrogen-bond donors (Lipinski definition) is 1. The number of thiophene rings is 1. The van der Waals surface area contributed by atoms with E-state index in [9.17, 15) is 18.4 Å². The number of carbonyl (C=O) groups excluding carboxylic acids is 2. The van der Waals surface area contributed by atoms with Crippen molar-refractivity contribution < 1.29 is 18.4 Å². The number of hydrazine groups is 1. The Kier molecular flexibility index (Phi) is 4.79. The Morgan fingerprint density at radius 2 is 1.70 bits per heavy atom. The third kappa shape index (κ3) is 3.73. The first-order chi connectivity index (χ1) is 10.7. The van der Waals surface area contributed by atoms with E-state index < -0.39 is 34.6 Å². The van der Waals surface area contributed by atoms with Gasteiger partial charge in [-0.05, 0) is 44.4 Å². The summed E-state index contributed by atoms with van der Waals surface area (Å²) in [5.74, 6) is -3.43. The van der Waals surface area contributed by atoms with Crippen molar-refractivity contribution in [1.29, 1.82) is 0 Å². The van der Waals surface area contributed by atoms with Gasteiger partial charge in [-0.1, -0.05) is 12.1 Å². The van der Waals surface area contributed by atoms with Gasteiger partial charge in [0.25, 0.3) is 11.8 Å². The molecule has 0 atom stereocenters. The minimum Gasteiger partial charge on any atom is -0.267 e. The fraction of sp³-hybridized carbons (Fsp3) is 0.250. The van der Waals surface area contributed by atoms with Gasteiger partial charge in [-0.25, -0.2) is 13.8 Å². The predicted molar refractivity (Wildman–Crippen MR) is 84.1 cm³/mol. The zero-order valence-corrected chi connectivity index (χ0v) is 13.7. The highest BCUT2D eigenvalue weighted by molar-refractivity contribution is 7.12. The van der Waals surface area contributed by atoms with Crippen LogP contribution in [0, 0.1) is 11.6 Å². The Balaban J connectivity index is 2.32. The highest BCUT2D eigenvalue weighted by Crippen LogP contribution is 2.19. The Bertz CT molecular complexity index is 704. The van der Waals surface area contributed by atoms with Crippen molar-refractivity contribution in [3.63, 3.8) is 0 Å². The van der Waals surface area contributed by atoms with Crippen LogP contribution in [-0.4, -0.2) is 22.4 Å². The van der Waals surface area contributed by atoms with Crippen LogP contribution in [-0.2, 0) is 0 Å². The SMILES string of the molecule is CC(C)(C)N(NC(=O)c1c(F)cccc1F)C(=O)c1cccs1. The van der Waals surface area contributed by atoms with E-state index in [0.717, 1.165) is 17.1 Å². The Hall–Kier alpha value is -2.28. The monoisotopic (exact) mass is 338 g/mol. The summed E-state index contributed by atoms with van der Waals surface area (Å²) in [6.07, 6.45) is 0. The summed E-state index contributed by atoms with van der Waals surface area (Å²) in [5.41, 5.74) is 0.814. The van der Waals surface area contributed by atoms with Crippen molar-refractivity contribution in [2.24, 2.45) is 0 Å². The molecule has 1 aromatic carbocycles. The number of rotatable bonds is 2. The quantitative estimate of drug-likeness (QED) is 0.851. The van der Waals surface area contributed by atoms with Gasteiger partial charge < -0.3 is 0 Å². The summed E-state index contributed by atoms with van der Waals surface area (Å²) in [7, 11) is 0. The minimum absolute atomic E-state index is 0.411. The zero-order valence-electron chi connectivity index (χ0n) is 12.9. The van der Waals surface area contributed by atoms with E-state index in [2.05, 4.69) is 5.43 Å². The minimum atomic E-state index is -1.01. The van der Waals surface area contributed by atoms with Gasteiger partial charge in [0.05, 0.1) is 10.4 Å². The van der Waals surface area contributed by atoms with Gasteiger partial charge in [0, 0.05) is 0 Å². The van der Waals surface area contributed by atoms with Crippen molar-refractivity contribution in [3.05, 3.63) is 57.8 Å². The first-order valence-corrected chi connectivity index (χ1v) is 7.73. The Morgan fingerprint density at radius 3 is 2.17 bits per heavy atom. The molecule has 0 unspecified atom stereocenters. The summed E-state index contributed by atoms with van der Waals surface area (Å²) in [6.45, 7) is 5.11. The standard InChI is InChI=1S/C16H16F2N2O2S/c1-16(2,3)20(15(22)12-8-5-9-23-12)19-14(21)13-10(17)6-4-7-11(13)18/h4-9H,1-3H3,(H,19,21). The average molecular weight is 338 g/mol. The van der Waals surface area contributed by atoms with Gasteiger partial charge in [0.15, 0.2) is 0 Å². The van der Waals surface area contributed by atoms with Crippen LogP contribution in [0.4, 0.5) is 8.78 Å². The molecule has 1 aromatic heterocycles. The Morgan fingerprint density at radius 1 is 1.09 bits per heavy atom. The molecular weight excluding hydrogens is 322 g/mol. The van der Waals surface area contributed by atoms with E-state index in [1.807, 2.05) is 0 Å². The highest BCUT2D eigenvalue weighted by atomic mass is 32.1. The molecular formula is C16H16F2N2O2S. The molecule has 0 radical (unpaired) electrons. The predicted octanol–water partition coefficient (Wildman–Crippen LogP) is 3.61. The third-order valence-corrected chi connectivity index (χ3v) is 3.87. The second-order valence-corrected chi connectivity index (χ2v) is 6.77. The van der Waals surface area contributed by atoms with Crippen LogP contribution in [0.5, 0.6) is 0 Å². The summed E-state index contributed by atoms with van der Waals surface area (Å²) in [6, 6.07) is 6.46. The van der Waals surface area contributed by atoms with Gasteiger partial charge in [-0.15, -0.1) is 11.3 Å². The summed E-state index contributed by atoms with van der Waals surface area (Å²) < 4.78 is 27.4. The van der Waals surface area contributed by atoms with Crippen LogP contribution in [0.2, 0.25) is 0 Å². The van der Waals surface area contributed by atoms with Crippen LogP contribution in [0.3, 0.4) is 0 Å². The van der Waals surface area contributed by atoms with Crippen LogP contribution in [0.15, 0.2) is 35.7 Å². The molecule has 0 fully saturated rings. The van der Waals surface area contributed by atoms with E-state index in [4.69, 9.17) is 0 Å². The number of amides is 2. The second-order valence-electron chi connectivity index (χ2n) is 5.83. The molecule has 0 aliphatic heterocycles. The summed E-state index contributed by atoms with van der Waals surface area (Å²) in [5, 5.41) is 2.81. The molecule has 0 spiro atoms. The van der Waals surface area contributed by atoms with Gasteiger partial charge in [0.2, 0.25) is 0 Å². The van der Waals surface area contributed by atoms with Gasteiger partial charge in [-0.3, -0.25) is 15.0 Å². The second kappa shape index (κ2) is 6.45. The molecule has 1 N–H and O–H groups in total. The molecule has 1 heterocycles. The molecule has 0 aliphatic rings. The molecule has 4 nitrogen and oxygen atoms in total. The largest absolute Gasteiger partial charge is 0.282 e. The van der Waals surface area contributed by atoms with E-state index >= 15 is 0 Å². The van der Waals surface area contributed by atoms with Gasteiger partial charge in [-0.2, -0.15) is 0 Å². The number of benzene rings is 1. The lowest BCUT2D eigenvalue weighted by Gasteiger charge is -2.35. The summed E-state index contributed by atoms with van der Waals surface area (Å²) in [4.78, 5) is 25.2. The van der Waals surface area contributed by atoms with Gasteiger partial charge in [0.1, 0.15) is 17.2 Å². The Labute approximate surface area is 136 Å². The number of halogens is 2. The lowest BCUT2D eigenvalue weighted by atomic mass is 10.1. The molecule has 2 rings (SSSR count). The molecule has 2 aromatic rings. The highest BCUT2D eigenvalue weighted by Gasteiger charge is 2.31. The van der Waals surface area contributed by atoms with E-state index in [-0.39, 0.29) is 0 Å². The smallest absolute Gasteiger partial charge is 0.267 e.